The van der Waals surface area contributed by atoms with Crippen molar-refractivity contribution in [3.8, 4) is 0 Å². The number of carbonyl (C=O) groups excluding carboxylic acids is 3. The van der Waals surface area contributed by atoms with Gasteiger partial charge in [-0.2, -0.15) is 0 Å². The minimum absolute atomic E-state index is 0.243. The maximum absolute atomic E-state index is 11.2. The summed E-state index contributed by atoms with van der Waals surface area (Å²) in [6.45, 7) is -0.0251. The molecule has 0 fully saturated rings. The summed E-state index contributed by atoms with van der Waals surface area (Å²) in [6, 6.07) is 8.54. The molecule has 0 bridgehead atoms. The lowest BCUT2D eigenvalue weighted by Crippen LogP contribution is -2.32. The van der Waals surface area contributed by atoms with E-state index in [1.54, 1.807) is 0 Å². The molecule has 1 aliphatic rings. The van der Waals surface area contributed by atoms with Crippen LogP contribution in [0.4, 0.5) is 0 Å². The lowest BCUT2D eigenvalue weighted by Gasteiger charge is -2.12. The number of carboxylic acids is 2. The molecule has 0 aliphatic carbocycles. The summed E-state index contributed by atoms with van der Waals surface area (Å²) < 4.78 is 0. The van der Waals surface area contributed by atoms with Gasteiger partial charge in [-0.15, -0.1) is 0 Å². The van der Waals surface area contributed by atoms with Crippen LogP contribution in [0.1, 0.15) is 31.2 Å². The zero-order chi connectivity index (χ0) is 23.2. The van der Waals surface area contributed by atoms with Crippen molar-refractivity contribution in [3.05, 3.63) is 48.0 Å². The lowest BCUT2D eigenvalue weighted by molar-refractivity contribution is -0.139. The Morgan fingerprint density at radius 2 is 1.58 bits per heavy atom. The molecular weight excluding hydrogens is 406 g/mol. The van der Waals surface area contributed by atoms with Crippen LogP contribution in [0.2, 0.25) is 0 Å². The van der Waals surface area contributed by atoms with Gasteiger partial charge in [0.15, 0.2) is 0 Å². The minimum Gasteiger partial charge on any atom is -0.480 e. The Kier molecular flexibility index (Phi) is 11.2. The summed E-state index contributed by atoms with van der Waals surface area (Å²) in [7, 11) is 0. The molecule has 0 radical (unpaired) electrons. The second-order valence-corrected chi connectivity index (χ2v) is 6.78. The molecule has 1 aromatic carbocycles. The van der Waals surface area contributed by atoms with Gasteiger partial charge in [0.1, 0.15) is 12.6 Å². The number of nitrogens with one attached hydrogen (secondary N) is 1. The highest BCUT2D eigenvalue weighted by atomic mass is 16.4. The molecule has 10 heteroatoms. The van der Waals surface area contributed by atoms with Crippen molar-refractivity contribution >= 4 is 29.7 Å². The van der Waals surface area contributed by atoms with Gasteiger partial charge in [0.25, 0.3) is 11.8 Å². The molecule has 1 aromatic rings. The summed E-state index contributed by atoms with van der Waals surface area (Å²) in [4.78, 5) is 55.3. The highest BCUT2D eigenvalue weighted by Gasteiger charge is 2.22. The third-order valence-electron chi connectivity index (χ3n) is 4.24. The SMILES string of the molecule is NC(Cc1ccccc1)C(=O)O.O=C(O)CNC(=O)CCCCCN1C(=O)C=CC1=O. The summed E-state index contributed by atoms with van der Waals surface area (Å²) in [6.07, 6.45) is 5.02. The zero-order valence-electron chi connectivity index (χ0n) is 17.0. The van der Waals surface area contributed by atoms with Gasteiger partial charge in [0, 0.05) is 25.1 Å². The maximum Gasteiger partial charge on any atom is 0.322 e. The quantitative estimate of drug-likeness (QED) is 0.286. The number of benzene rings is 1. The number of unbranched alkanes of at least 4 members (excludes halogenated alkanes) is 2. The Morgan fingerprint density at radius 1 is 0.968 bits per heavy atom. The van der Waals surface area contributed by atoms with Gasteiger partial charge in [0.2, 0.25) is 5.91 Å². The number of hydrogen-bond acceptors (Lipinski definition) is 6. The minimum atomic E-state index is -1.08. The van der Waals surface area contributed by atoms with E-state index in [2.05, 4.69) is 5.32 Å². The molecule has 1 unspecified atom stereocenters. The molecule has 10 nitrogen and oxygen atoms in total. The number of carbonyl (C=O) groups is 5. The number of imide groups is 1. The summed E-state index contributed by atoms with van der Waals surface area (Å²) >= 11 is 0. The molecule has 0 saturated carbocycles. The van der Waals surface area contributed by atoms with Gasteiger partial charge >= 0.3 is 11.9 Å². The second kappa shape index (κ2) is 13.6. The van der Waals surface area contributed by atoms with E-state index in [9.17, 15) is 24.0 Å². The zero-order valence-corrected chi connectivity index (χ0v) is 17.0. The van der Waals surface area contributed by atoms with E-state index in [1.165, 1.54) is 12.2 Å². The molecule has 3 amide bonds. The molecule has 1 atom stereocenters. The Balaban J connectivity index is 0.000000343. The van der Waals surface area contributed by atoms with Crippen molar-refractivity contribution in [2.24, 2.45) is 5.73 Å². The maximum atomic E-state index is 11.2. The van der Waals surface area contributed by atoms with Crippen LogP contribution in [0.5, 0.6) is 0 Å². The first-order chi connectivity index (χ1) is 14.7. The Bertz CT molecular complexity index is 790. The van der Waals surface area contributed by atoms with Gasteiger partial charge in [0.05, 0.1) is 0 Å². The number of nitrogens with zero attached hydrogens (tertiary/aromatic N) is 1. The Labute approximate surface area is 179 Å². The van der Waals surface area contributed by atoms with Crippen molar-refractivity contribution in [2.45, 2.75) is 38.1 Å². The van der Waals surface area contributed by atoms with Crippen LogP contribution in [0.3, 0.4) is 0 Å². The van der Waals surface area contributed by atoms with Crippen molar-refractivity contribution in [2.75, 3.05) is 13.1 Å². The van der Waals surface area contributed by atoms with Crippen LogP contribution in [0, 0.1) is 0 Å². The molecule has 0 saturated heterocycles. The van der Waals surface area contributed by atoms with Crippen LogP contribution >= 0.6 is 0 Å². The predicted octanol–water partition coefficient (Wildman–Crippen LogP) is 0.314. The fraction of sp³-hybridized carbons (Fsp3) is 0.381. The van der Waals surface area contributed by atoms with Crippen LogP contribution in [-0.4, -0.2) is 63.9 Å². The normalized spacial score (nSPS) is 13.4. The first-order valence-corrected chi connectivity index (χ1v) is 9.75. The number of rotatable bonds is 11. The standard InChI is InChI=1S/C12H16N2O5.C9H11NO2/c15-9(13-8-12(18)19)4-2-1-3-7-14-10(16)5-6-11(14)17;10-8(9(11)12)6-7-4-2-1-3-5-7/h5-6H,1-4,7-8H2,(H,13,15)(H,18,19);1-5,8H,6,10H2,(H,11,12). The van der Waals surface area contributed by atoms with E-state index < -0.39 is 18.0 Å². The van der Waals surface area contributed by atoms with Crippen molar-refractivity contribution < 1.29 is 34.2 Å². The first kappa shape index (κ1) is 25.5. The molecule has 31 heavy (non-hydrogen) atoms. The fourth-order valence-corrected chi connectivity index (χ4v) is 2.60. The number of aliphatic carboxylic acids is 2. The van der Waals surface area contributed by atoms with Crippen LogP contribution in [-0.2, 0) is 30.4 Å². The van der Waals surface area contributed by atoms with Crippen molar-refractivity contribution in [1.29, 1.82) is 0 Å². The summed E-state index contributed by atoms with van der Waals surface area (Å²) in [5.41, 5.74) is 6.30. The van der Waals surface area contributed by atoms with Gasteiger partial charge in [-0.1, -0.05) is 36.8 Å². The van der Waals surface area contributed by atoms with E-state index in [0.29, 0.717) is 32.2 Å². The highest BCUT2D eigenvalue weighted by molar-refractivity contribution is 6.12. The highest BCUT2D eigenvalue weighted by Crippen LogP contribution is 2.07. The molecule has 1 heterocycles. The number of amides is 3. The van der Waals surface area contributed by atoms with Gasteiger partial charge < -0.3 is 21.3 Å². The third kappa shape index (κ3) is 10.7. The molecular formula is C21H27N3O7. The summed E-state index contributed by atoms with van der Waals surface area (Å²) in [5.74, 6) is -2.95. The molecule has 0 aromatic heterocycles. The topological polar surface area (TPSA) is 167 Å². The van der Waals surface area contributed by atoms with Crippen molar-refractivity contribution in [1.82, 2.24) is 10.2 Å². The van der Waals surface area contributed by atoms with Crippen molar-refractivity contribution in [3.63, 3.8) is 0 Å². The Morgan fingerprint density at radius 3 is 2.13 bits per heavy atom. The van der Waals surface area contributed by atoms with Crippen LogP contribution < -0.4 is 11.1 Å². The lowest BCUT2D eigenvalue weighted by atomic mass is 10.1. The molecule has 2 rings (SSSR count). The average Bonchev–Trinajstić information content (AvgIpc) is 3.05. The molecule has 168 valence electrons. The number of hydrogen-bond donors (Lipinski definition) is 4. The Hall–Kier alpha value is -3.53. The third-order valence-corrected chi connectivity index (χ3v) is 4.24. The van der Waals surface area contributed by atoms with Crippen LogP contribution in [0.25, 0.3) is 0 Å². The monoisotopic (exact) mass is 433 g/mol. The van der Waals surface area contributed by atoms with E-state index in [1.807, 2.05) is 30.3 Å². The predicted molar refractivity (Wildman–Crippen MR) is 111 cm³/mol. The summed E-state index contributed by atoms with van der Waals surface area (Å²) in [5, 5.41) is 19.1. The second-order valence-electron chi connectivity index (χ2n) is 6.78. The van der Waals surface area contributed by atoms with Gasteiger partial charge in [-0.25, -0.2) is 0 Å². The van der Waals surface area contributed by atoms with Gasteiger partial charge in [-0.05, 0) is 24.8 Å². The smallest absolute Gasteiger partial charge is 0.322 e. The first-order valence-electron chi connectivity index (χ1n) is 9.75. The van der Waals surface area contributed by atoms with E-state index >= 15 is 0 Å². The molecule has 1 aliphatic heterocycles. The largest absolute Gasteiger partial charge is 0.480 e. The van der Waals surface area contributed by atoms with E-state index in [4.69, 9.17) is 15.9 Å². The number of nitrogens with two attached hydrogens (primary N) is 1. The molecule has 0 spiro atoms. The van der Waals surface area contributed by atoms with E-state index in [0.717, 1.165) is 10.5 Å². The van der Waals surface area contributed by atoms with E-state index in [-0.39, 0.29) is 30.7 Å². The fourth-order valence-electron chi connectivity index (χ4n) is 2.60. The number of carboxylic acid groups (broad SMARTS) is 2. The average molecular weight is 433 g/mol. The van der Waals surface area contributed by atoms with Crippen LogP contribution in [0.15, 0.2) is 42.5 Å². The molecule has 5 N–H and O–H groups in total. The van der Waals surface area contributed by atoms with Gasteiger partial charge in [-0.3, -0.25) is 28.9 Å².